The molecule has 0 aliphatic rings. The molecule has 0 saturated carbocycles. The lowest BCUT2D eigenvalue weighted by Gasteiger charge is -2.15. The first kappa shape index (κ1) is 12.2. The van der Waals surface area contributed by atoms with Gasteiger partial charge in [0.15, 0.2) is 0 Å². The highest BCUT2D eigenvalue weighted by Gasteiger charge is 2.13. The Morgan fingerprint density at radius 1 is 1.41 bits per heavy atom. The van der Waals surface area contributed by atoms with Gasteiger partial charge in [-0.25, -0.2) is 9.97 Å². The standard InChI is InChI=1S/C11H16N4OS/c1-6(2)8(16)4-12-10-9-7(3)15-17-11(9)14-5-13-10/h5-6,8,16H,4H2,1-3H3,(H,12,13,14). The summed E-state index contributed by atoms with van der Waals surface area (Å²) in [6.07, 6.45) is 1.14. The lowest BCUT2D eigenvalue weighted by atomic mass is 10.1. The second-order valence-electron chi connectivity index (χ2n) is 4.36. The number of aliphatic hydroxyl groups is 1. The largest absolute Gasteiger partial charge is 0.391 e. The number of aliphatic hydroxyl groups excluding tert-OH is 1. The van der Waals surface area contributed by atoms with E-state index in [1.165, 1.54) is 17.9 Å². The van der Waals surface area contributed by atoms with E-state index in [2.05, 4.69) is 19.7 Å². The maximum atomic E-state index is 9.76. The van der Waals surface area contributed by atoms with E-state index in [1.54, 1.807) is 0 Å². The highest BCUT2D eigenvalue weighted by atomic mass is 32.1. The number of anilines is 1. The average molecular weight is 252 g/mol. The van der Waals surface area contributed by atoms with Gasteiger partial charge in [0, 0.05) is 6.54 Å². The molecule has 92 valence electrons. The minimum atomic E-state index is -0.382. The molecule has 0 spiro atoms. The number of hydrogen-bond donors (Lipinski definition) is 2. The quantitative estimate of drug-likeness (QED) is 0.868. The minimum Gasteiger partial charge on any atom is -0.391 e. The highest BCUT2D eigenvalue weighted by Crippen LogP contribution is 2.25. The number of nitrogens with zero attached hydrogens (tertiary/aromatic N) is 3. The first-order chi connectivity index (χ1) is 8.09. The Morgan fingerprint density at radius 2 is 2.18 bits per heavy atom. The van der Waals surface area contributed by atoms with Crippen molar-refractivity contribution >= 4 is 27.6 Å². The molecule has 0 amide bonds. The van der Waals surface area contributed by atoms with Crippen LogP contribution in [-0.2, 0) is 0 Å². The summed E-state index contributed by atoms with van der Waals surface area (Å²) in [4.78, 5) is 9.25. The summed E-state index contributed by atoms with van der Waals surface area (Å²) in [7, 11) is 0. The summed E-state index contributed by atoms with van der Waals surface area (Å²) in [5.74, 6) is 0.975. The third kappa shape index (κ3) is 2.53. The normalized spacial score (nSPS) is 13.2. The van der Waals surface area contributed by atoms with Crippen molar-refractivity contribution in [3.05, 3.63) is 12.0 Å². The molecule has 2 N–H and O–H groups in total. The maximum absolute atomic E-state index is 9.76. The third-order valence-corrected chi connectivity index (χ3v) is 3.54. The number of aryl methyl sites for hydroxylation is 1. The molecule has 2 heterocycles. The SMILES string of the molecule is Cc1nsc2ncnc(NCC(O)C(C)C)c12. The van der Waals surface area contributed by atoms with E-state index in [1.807, 2.05) is 20.8 Å². The number of fused-ring (bicyclic) bond motifs is 1. The van der Waals surface area contributed by atoms with Crippen molar-refractivity contribution in [2.45, 2.75) is 26.9 Å². The molecule has 0 radical (unpaired) electrons. The van der Waals surface area contributed by atoms with E-state index >= 15 is 0 Å². The second-order valence-corrected chi connectivity index (χ2v) is 5.11. The van der Waals surface area contributed by atoms with Crippen LogP contribution < -0.4 is 5.32 Å². The molecule has 5 nitrogen and oxygen atoms in total. The Kier molecular flexibility index (Phi) is 3.54. The predicted molar refractivity (Wildman–Crippen MR) is 69.3 cm³/mol. The van der Waals surface area contributed by atoms with Crippen molar-refractivity contribution < 1.29 is 5.11 Å². The van der Waals surface area contributed by atoms with Crippen molar-refractivity contribution in [3.8, 4) is 0 Å². The van der Waals surface area contributed by atoms with Crippen molar-refractivity contribution in [2.75, 3.05) is 11.9 Å². The van der Waals surface area contributed by atoms with Gasteiger partial charge in [-0.05, 0) is 24.4 Å². The van der Waals surface area contributed by atoms with Gasteiger partial charge < -0.3 is 10.4 Å². The molecule has 0 bridgehead atoms. The van der Waals surface area contributed by atoms with Crippen molar-refractivity contribution in [1.82, 2.24) is 14.3 Å². The molecule has 2 rings (SSSR count). The fourth-order valence-corrected chi connectivity index (χ4v) is 2.24. The van der Waals surface area contributed by atoms with Crippen LogP contribution >= 0.6 is 11.5 Å². The molecule has 1 atom stereocenters. The van der Waals surface area contributed by atoms with Gasteiger partial charge in [-0.3, -0.25) is 0 Å². The minimum absolute atomic E-state index is 0.224. The van der Waals surface area contributed by atoms with Crippen LogP contribution in [0, 0.1) is 12.8 Å². The van der Waals surface area contributed by atoms with E-state index in [0.29, 0.717) is 6.54 Å². The Balaban J connectivity index is 2.21. The van der Waals surface area contributed by atoms with Gasteiger partial charge >= 0.3 is 0 Å². The van der Waals surface area contributed by atoms with Gasteiger partial charge in [0.05, 0.1) is 17.2 Å². The van der Waals surface area contributed by atoms with Gasteiger partial charge in [0.1, 0.15) is 17.0 Å². The molecule has 0 saturated heterocycles. The van der Waals surface area contributed by atoms with Gasteiger partial charge in [-0.15, -0.1) is 0 Å². The van der Waals surface area contributed by atoms with E-state index < -0.39 is 0 Å². The first-order valence-electron chi connectivity index (χ1n) is 5.58. The summed E-state index contributed by atoms with van der Waals surface area (Å²) in [6, 6.07) is 0. The molecule has 2 aromatic heterocycles. The summed E-state index contributed by atoms with van der Waals surface area (Å²) in [5, 5.41) is 13.9. The summed E-state index contributed by atoms with van der Waals surface area (Å²) < 4.78 is 4.26. The number of hydrogen-bond acceptors (Lipinski definition) is 6. The molecule has 0 aromatic carbocycles. The smallest absolute Gasteiger partial charge is 0.149 e. The van der Waals surface area contributed by atoms with Crippen LogP contribution in [0.5, 0.6) is 0 Å². The molecule has 1 unspecified atom stereocenters. The second kappa shape index (κ2) is 4.93. The third-order valence-electron chi connectivity index (χ3n) is 2.69. The summed E-state index contributed by atoms with van der Waals surface area (Å²) in [6.45, 7) is 6.39. The van der Waals surface area contributed by atoms with Crippen LogP contribution in [0.3, 0.4) is 0 Å². The van der Waals surface area contributed by atoms with Crippen LogP contribution in [0.4, 0.5) is 5.82 Å². The van der Waals surface area contributed by atoms with Crippen LogP contribution in [0.15, 0.2) is 6.33 Å². The van der Waals surface area contributed by atoms with Crippen LogP contribution in [-0.4, -0.2) is 32.1 Å². The lowest BCUT2D eigenvalue weighted by Crippen LogP contribution is -2.25. The molecule has 2 aromatic rings. The fourth-order valence-electron chi connectivity index (χ4n) is 1.49. The highest BCUT2D eigenvalue weighted by molar-refractivity contribution is 7.13. The van der Waals surface area contributed by atoms with E-state index in [9.17, 15) is 5.11 Å². The van der Waals surface area contributed by atoms with Gasteiger partial charge in [0.2, 0.25) is 0 Å². The average Bonchev–Trinajstić information content (AvgIpc) is 2.68. The summed E-state index contributed by atoms with van der Waals surface area (Å²) >= 11 is 1.37. The monoisotopic (exact) mass is 252 g/mol. The van der Waals surface area contributed by atoms with Crippen molar-refractivity contribution in [2.24, 2.45) is 5.92 Å². The molecule has 0 aliphatic heterocycles. The van der Waals surface area contributed by atoms with Crippen molar-refractivity contribution in [1.29, 1.82) is 0 Å². The zero-order valence-corrected chi connectivity index (χ0v) is 11.0. The Bertz CT molecular complexity index is 511. The van der Waals surface area contributed by atoms with Crippen LogP contribution in [0.25, 0.3) is 10.2 Å². The van der Waals surface area contributed by atoms with Gasteiger partial charge in [-0.1, -0.05) is 13.8 Å². The molecule has 6 heteroatoms. The molecular weight excluding hydrogens is 236 g/mol. The topological polar surface area (TPSA) is 70.9 Å². The Labute approximate surface area is 104 Å². The predicted octanol–water partition coefficient (Wildman–Crippen LogP) is 1.82. The zero-order valence-electron chi connectivity index (χ0n) is 10.1. The maximum Gasteiger partial charge on any atom is 0.149 e. The fraction of sp³-hybridized carbons (Fsp3) is 0.545. The Morgan fingerprint density at radius 3 is 2.88 bits per heavy atom. The van der Waals surface area contributed by atoms with E-state index in [-0.39, 0.29) is 12.0 Å². The van der Waals surface area contributed by atoms with Crippen molar-refractivity contribution in [3.63, 3.8) is 0 Å². The molecule has 0 fully saturated rings. The number of aromatic nitrogens is 3. The van der Waals surface area contributed by atoms with Gasteiger partial charge in [0.25, 0.3) is 0 Å². The van der Waals surface area contributed by atoms with Gasteiger partial charge in [-0.2, -0.15) is 4.37 Å². The molecule has 17 heavy (non-hydrogen) atoms. The van der Waals surface area contributed by atoms with Crippen LogP contribution in [0.1, 0.15) is 19.5 Å². The molecular formula is C11H16N4OS. The lowest BCUT2D eigenvalue weighted by molar-refractivity contribution is 0.138. The van der Waals surface area contributed by atoms with E-state index in [4.69, 9.17) is 0 Å². The van der Waals surface area contributed by atoms with E-state index in [0.717, 1.165) is 21.7 Å². The number of nitrogens with one attached hydrogen (secondary N) is 1. The Hall–Kier alpha value is -1.27. The molecule has 0 aliphatic carbocycles. The number of rotatable bonds is 4. The first-order valence-corrected chi connectivity index (χ1v) is 6.36. The van der Waals surface area contributed by atoms with Crippen LogP contribution in [0.2, 0.25) is 0 Å². The summed E-state index contributed by atoms with van der Waals surface area (Å²) in [5.41, 5.74) is 0.923. The zero-order chi connectivity index (χ0) is 12.4.